The van der Waals surface area contributed by atoms with E-state index in [1.807, 2.05) is 30.3 Å². The minimum atomic E-state index is -2.86. The summed E-state index contributed by atoms with van der Waals surface area (Å²) in [6.07, 6.45) is 1.41. The van der Waals surface area contributed by atoms with Crippen molar-refractivity contribution in [3.63, 3.8) is 0 Å². The Balaban J connectivity index is 1.80. The predicted octanol–water partition coefficient (Wildman–Crippen LogP) is 3.92. The zero-order valence-corrected chi connectivity index (χ0v) is 14.2. The summed E-state index contributed by atoms with van der Waals surface area (Å²) in [6.45, 7) is -1.68. The molecule has 1 heterocycles. The number of benzene rings is 2. The number of alkyl halides is 2. The lowest BCUT2D eigenvalue weighted by molar-refractivity contribution is -0.128. The highest BCUT2D eigenvalue weighted by atomic mass is 19.3. The summed E-state index contributed by atoms with van der Waals surface area (Å²) in [4.78, 5) is 12.7. The topological polar surface area (TPSA) is 47.6 Å². The van der Waals surface area contributed by atoms with Crippen LogP contribution in [0.3, 0.4) is 0 Å². The molecule has 0 aliphatic carbocycles. The second-order valence-electron chi connectivity index (χ2n) is 6.19. The molecule has 1 fully saturated rings. The molecule has 4 nitrogen and oxygen atoms in total. The highest BCUT2D eigenvalue weighted by molar-refractivity contribution is 5.79. The molecule has 2 aromatic carbocycles. The quantitative estimate of drug-likeness (QED) is 0.848. The van der Waals surface area contributed by atoms with E-state index < -0.39 is 6.61 Å². The average molecular weight is 361 g/mol. The van der Waals surface area contributed by atoms with Gasteiger partial charge in [0.15, 0.2) is 0 Å². The molecule has 2 aromatic rings. The van der Waals surface area contributed by atoms with E-state index in [0.717, 1.165) is 11.1 Å². The fraction of sp³-hybridized carbons (Fsp3) is 0.350. The van der Waals surface area contributed by atoms with Crippen LogP contribution in [0.4, 0.5) is 8.78 Å². The van der Waals surface area contributed by atoms with Crippen molar-refractivity contribution in [1.29, 1.82) is 0 Å². The molecule has 1 amide bonds. The van der Waals surface area contributed by atoms with Crippen LogP contribution in [0.5, 0.6) is 5.75 Å². The van der Waals surface area contributed by atoms with Crippen molar-refractivity contribution in [3.8, 4) is 5.75 Å². The van der Waals surface area contributed by atoms with Crippen LogP contribution in [0.15, 0.2) is 54.6 Å². The van der Waals surface area contributed by atoms with Gasteiger partial charge in [0.1, 0.15) is 5.75 Å². The first kappa shape index (κ1) is 18.3. The summed E-state index contributed by atoms with van der Waals surface area (Å²) in [5, 5.41) is 3.10. The number of nitrogens with one attached hydrogen (secondary N) is 1. The number of ether oxygens (including phenoxy) is 2. The molecule has 0 spiro atoms. The van der Waals surface area contributed by atoms with E-state index in [4.69, 9.17) is 4.74 Å². The summed E-state index contributed by atoms with van der Waals surface area (Å²) in [6, 6.07) is 15.6. The minimum Gasteiger partial charge on any atom is -0.435 e. The molecule has 1 unspecified atom stereocenters. The molecule has 6 heteroatoms. The van der Waals surface area contributed by atoms with Crippen molar-refractivity contribution >= 4 is 5.91 Å². The SMILES string of the molecule is O=C(NC(c1ccccc1)c1ccc(OC(F)F)cc1)C1CCOCC1. The Morgan fingerprint density at radius 3 is 2.23 bits per heavy atom. The third-order valence-corrected chi connectivity index (χ3v) is 4.45. The predicted molar refractivity (Wildman–Crippen MR) is 93.0 cm³/mol. The van der Waals surface area contributed by atoms with E-state index in [-0.39, 0.29) is 23.6 Å². The van der Waals surface area contributed by atoms with Crippen molar-refractivity contribution in [2.45, 2.75) is 25.5 Å². The molecule has 26 heavy (non-hydrogen) atoms. The van der Waals surface area contributed by atoms with Gasteiger partial charge in [0.2, 0.25) is 5.91 Å². The van der Waals surface area contributed by atoms with Crippen molar-refractivity contribution in [1.82, 2.24) is 5.32 Å². The average Bonchev–Trinajstić information content (AvgIpc) is 2.67. The van der Waals surface area contributed by atoms with Gasteiger partial charge in [0.05, 0.1) is 6.04 Å². The second-order valence-corrected chi connectivity index (χ2v) is 6.19. The fourth-order valence-electron chi connectivity index (χ4n) is 3.07. The number of hydrogen-bond acceptors (Lipinski definition) is 3. The number of carbonyl (C=O) groups excluding carboxylic acids is 1. The maximum Gasteiger partial charge on any atom is 0.387 e. The van der Waals surface area contributed by atoms with Crippen LogP contribution in [-0.4, -0.2) is 25.7 Å². The van der Waals surface area contributed by atoms with Crippen LogP contribution in [0.1, 0.15) is 30.0 Å². The van der Waals surface area contributed by atoms with E-state index in [0.29, 0.717) is 26.1 Å². The van der Waals surface area contributed by atoms with Gasteiger partial charge in [-0.3, -0.25) is 4.79 Å². The zero-order valence-electron chi connectivity index (χ0n) is 14.2. The van der Waals surface area contributed by atoms with Crippen LogP contribution in [0, 0.1) is 5.92 Å². The highest BCUT2D eigenvalue weighted by Gasteiger charge is 2.25. The molecule has 1 atom stereocenters. The van der Waals surface area contributed by atoms with Gasteiger partial charge in [-0.15, -0.1) is 0 Å². The van der Waals surface area contributed by atoms with Crippen molar-refractivity contribution in [3.05, 3.63) is 65.7 Å². The van der Waals surface area contributed by atoms with Gasteiger partial charge >= 0.3 is 6.61 Å². The summed E-state index contributed by atoms with van der Waals surface area (Å²) < 4.78 is 34.4. The summed E-state index contributed by atoms with van der Waals surface area (Å²) in [7, 11) is 0. The first-order valence-electron chi connectivity index (χ1n) is 8.61. The molecule has 0 aromatic heterocycles. The van der Waals surface area contributed by atoms with Gasteiger partial charge in [-0.2, -0.15) is 8.78 Å². The zero-order chi connectivity index (χ0) is 18.4. The van der Waals surface area contributed by atoms with Crippen LogP contribution in [-0.2, 0) is 9.53 Å². The maximum atomic E-state index is 12.7. The molecule has 3 rings (SSSR count). The first-order valence-corrected chi connectivity index (χ1v) is 8.61. The Kier molecular flexibility index (Phi) is 6.17. The Hall–Kier alpha value is -2.47. The number of rotatable bonds is 6. The lowest BCUT2D eigenvalue weighted by atomic mass is 9.95. The Morgan fingerprint density at radius 2 is 1.62 bits per heavy atom. The molecule has 0 radical (unpaired) electrons. The summed E-state index contributed by atoms with van der Waals surface area (Å²) in [5.41, 5.74) is 1.73. The third kappa shape index (κ3) is 4.79. The molecule has 1 N–H and O–H groups in total. The monoisotopic (exact) mass is 361 g/mol. The number of carbonyl (C=O) groups is 1. The van der Waals surface area contributed by atoms with E-state index in [1.165, 1.54) is 12.1 Å². The van der Waals surface area contributed by atoms with Crippen LogP contribution < -0.4 is 10.1 Å². The van der Waals surface area contributed by atoms with E-state index in [2.05, 4.69) is 10.1 Å². The lowest BCUT2D eigenvalue weighted by Crippen LogP contribution is -2.37. The van der Waals surface area contributed by atoms with Gasteiger partial charge < -0.3 is 14.8 Å². The Morgan fingerprint density at radius 1 is 1.00 bits per heavy atom. The van der Waals surface area contributed by atoms with Crippen LogP contribution in [0.2, 0.25) is 0 Å². The van der Waals surface area contributed by atoms with Gasteiger partial charge in [0.25, 0.3) is 0 Å². The standard InChI is InChI=1S/C20H21F2NO3/c21-20(22)26-17-8-6-15(7-9-17)18(14-4-2-1-3-5-14)23-19(24)16-10-12-25-13-11-16/h1-9,16,18,20H,10-13H2,(H,23,24). The lowest BCUT2D eigenvalue weighted by Gasteiger charge is -2.26. The molecular formula is C20H21F2NO3. The molecule has 1 aliphatic heterocycles. The molecule has 138 valence electrons. The van der Waals surface area contributed by atoms with Gasteiger partial charge in [-0.1, -0.05) is 42.5 Å². The molecule has 0 saturated carbocycles. The second kappa shape index (κ2) is 8.76. The normalized spacial score (nSPS) is 16.3. The van der Waals surface area contributed by atoms with Crippen molar-refractivity contribution < 1.29 is 23.0 Å². The van der Waals surface area contributed by atoms with Crippen molar-refractivity contribution in [2.75, 3.05) is 13.2 Å². The molecule has 1 saturated heterocycles. The van der Waals surface area contributed by atoms with Gasteiger partial charge in [-0.05, 0) is 36.1 Å². The Labute approximate surface area is 151 Å². The largest absolute Gasteiger partial charge is 0.435 e. The van der Waals surface area contributed by atoms with Crippen molar-refractivity contribution in [2.24, 2.45) is 5.92 Å². The molecular weight excluding hydrogens is 340 g/mol. The van der Waals surface area contributed by atoms with E-state index in [9.17, 15) is 13.6 Å². The summed E-state index contributed by atoms with van der Waals surface area (Å²) >= 11 is 0. The van der Waals surface area contributed by atoms with Gasteiger partial charge in [-0.25, -0.2) is 0 Å². The smallest absolute Gasteiger partial charge is 0.387 e. The van der Waals surface area contributed by atoms with Gasteiger partial charge in [0, 0.05) is 19.1 Å². The first-order chi connectivity index (χ1) is 12.6. The molecule has 1 aliphatic rings. The maximum absolute atomic E-state index is 12.7. The van der Waals surface area contributed by atoms with E-state index in [1.54, 1.807) is 12.1 Å². The number of amides is 1. The van der Waals surface area contributed by atoms with E-state index >= 15 is 0 Å². The highest BCUT2D eigenvalue weighted by Crippen LogP contribution is 2.26. The molecule has 0 bridgehead atoms. The summed E-state index contributed by atoms with van der Waals surface area (Å²) in [5.74, 6) is -0.00206. The fourth-order valence-corrected chi connectivity index (χ4v) is 3.07. The van der Waals surface area contributed by atoms with Crippen LogP contribution >= 0.6 is 0 Å². The third-order valence-electron chi connectivity index (χ3n) is 4.45. The minimum absolute atomic E-state index is 0.0185. The number of hydrogen-bond donors (Lipinski definition) is 1. The van der Waals surface area contributed by atoms with Crippen LogP contribution in [0.25, 0.3) is 0 Å². The Bertz CT molecular complexity index is 701. The number of halogens is 2.